The second kappa shape index (κ2) is 6.36. The lowest BCUT2D eigenvalue weighted by atomic mass is 9.99. The second-order valence-corrected chi connectivity index (χ2v) is 5.00. The van der Waals surface area contributed by atoms with Crippen molar-refractivity contribution in [1.29, 1.82) is 0 Å². The summed E-state index contributed by atoms with van der Waals surface area (Å²) in [5.41, 5.74) is 0. The van der Waals surface area contributed by atoms with Crippen LogP contribution >= 0.6 is 0 Å². The average Bonchev–Trinajstić information content (AvgIpc) is 2.39. The standard InChI is InChI=1S/C13H20N4O2/c1-10-3-6-17(7-4-10)12-8-11(15-9-16-12)14-5-2-13(18)19/h8-10H,2-7H2,1H3,(H,18,19)(H,14,15,16). The average molecular weight is 264 g/mol. The fraction of sp³-hybridized carbons (Fsp3) is 0.615. The molecule has 0 amide bonds. The first-order valence-electron chi connectivity index (χ1n) is 6.68. The van der Waals surface area contributed by atoms with E-state index < -0.39 is 5.97 Å². The van der Waals surface area contributed by atoms with Crippen LogP contribution < -0.4 is 10.2 Å². The van der Waals surface area contributed by atoms with E-state index in [0.717, 1.165) is 24.8 Å². The summed E-state index contributed by atoms with van der Waals surface area (Å²) in [4.78, 5) is 21.1. The van der Waals surface area contributed by atoms with Crippen molar-refractivity contribution >= 4 is 17.6 Å². The SMILES string of the molecule is CC1CCN(c2cc(NCCC(=O)O)ncn2)CC1. The van der Waals surface area contributed by atoms with Gasteiger partial charge in [0.15, 0.2) is 0 Å². The van der Waals surface area contributed by atoms with Crippen molar-refractivity contribution in [2.75, 3.05) is 29.9 Å². The number of hydrogen-bond acceptors (Lipinski definition) is 5. The van der Waals surface area contributed by atoms with E-state index in [-0.39, 0.29) is 6.42 Å². The highest BCUT2D eigenvalue weighted by atomic mass is 16.4. The maximum atomic E-state index is 10.5. The van der Waals surface area contributed by atoms with Crippen LogP contribution in [0.4, 0.5) is 11.6 Å². The lowest BCUT2D eigenvalue weighted by Gasteiger charge is -2.31. The molecular weight excluding hydrogens is 244 g/mol. The third-order valence-electron chi connectivity index (χ3n) is 3.41. The number of aromatic nitrogens is 2. The van der Waals surface area contributed by atoms with E-state index in [2.05, 4.69) is 27.1 Å². The van der Waals surface area contributed by atoms with Gasteiger partial charge in [0.1, 0.15) is 18.0 Å². The normalized spacial score (nSPS) is 16.4. The maximum Gasteiger partial charge on any atom is 0.305 e. The van der Waals surface area contributed by atoms with Gasteiger partial charge in [0, 0.05) is 25.7 Å². The Labute approximate surface area is 112 Å². The third-order valence-corrected chi connectivity index (χ3v) is 3.41. The van der Waals surface area contributed by atoms with Gasteiger partial charge in [-0.3, -0.25) is 4.79 Å². The van der Waals surface area contributed by atoms with Crippen molar-refractivity contribution in [3.8, 4) is 0 Å². The van der Waals surface area contributed by atoms with Crippen LogP contribution in [0.2, 0.25) is 0 Å². The minimum atomic E-state index is -0.813. The van der Waals surface area contributed by atoms with Gasteiger partial charge in [-0.25, -0.2) is 9.97 Å². The Morgan fingerprint density at radius 1 is 1.47 bits per heavy atom. The van der Waals surface area contributed by atoms with Gasteiger partial charge in [-0.05, 0) is 18.8 Å². The van der Waals surface area contributed by atoms with Gasteiger partial charge in [-0.2, -0.15) is 0 Å². The van der Waals surface area contributed by atoms with Crippen LogP contribution in [0.25, 0.3) is 0 Å². The number of carbonyl (C=O) groups is 1. The molecule has 104 valence electrons. The zero-order valence-electron chi connectivity index (χ0n) is 11.2. The monoisotopic (exact) mass is 264 g/mol. The zero-order valence-corrected chi connectivity index (χ0v) is 11.2. The summed E-state index contributed by atoms with van der Waals surface area (Å²) in [7, 11) is 0. The topological polar surface area (TPSA) is 78.4 Å². The molecule has 0 saturated carbocycles. The highest BCUT2D eigenvalue weighted by Gasteiger charge is 2.17. The van der Waals surface area contributed by atoms with Crippen LogP contribution in [0.1, 0.15) is 26.2 Å². The van der Waals surface area contributed by atoms with Gasteiger partial charge in [-0.1, -0.05) is 6.92 Å². The molecular formula is C13H20N4O2. The van der Waals surface area contributed by atoms with E-state index >= 15 is 0 Å². The molecule has 0 aliphatic carbocycles. The Kier molecular flexibility index (Phi) is 4.54. The molecule has 1 aromatic heterocycles. The molecule has 1 aliphatic heterocycles. The Bertz CT molecular complexity index is 430. The van der Waals surface area contributed by atoms with Gasteiger partial charge in [-0.15, -0.1) is 0 Å². The Morgan fingerprint density at radius 2 is 2.21 bits per heavy atom. The number of carboxylic acid groups (broad SMARTS) is 1. The van der Waals surface area contributed by atoms with Crippen LogP contribution in [0, 0.1) is 5.92 Å². The molecule has 2 N–H and O–H groups in total. The van der Waals surface area contributed by atoms with Gasteiger partial charge in [0.2, 0.25) is 0 Å². The number of aliphatic carboxylic acids is 1. The first-order valence-corrected chi connectivity index (χ1v) is 6.68. The molecule has 2 heterocycles. The fourth-order valence-corrected chi connectivity index (χ4v) is 2.15. The predicted octanol–water partition coefficient (Wildman–Crippen LogP) is 1.60. The van der Waals surface area contributed by atoms with Crippen LogP contribution in [0.3, 0.4) is 0 Å². The molecule has 0 unspecified atom stereocenters. The summed E-state index contributed by atoms with van der Waals surface area (Å²) in [6.45, 7) is 4.69. The van der Waals surface area contributed by atoms with Gasteiger partial charge in [0.05, 0.1) is 6.42 Å². The number of nitrogens with zero attached hydrogens (tertiary/aromatic N) is 3. The number of hydrogen-bond donors (Lipinski definition) is 2. The van der Waals surface area contributed by atoms with E-state index in [4.69, 9.17) is 5.11 Å². The molecule has 0 bridgehead atoms. The summed E-state index contributed by atoms with van der Waals surface area (Å²) in [5, 5.41) is 11.6. The predicted molar refractivity (Wildman–Crippen MR) is 73.4 cm³/mol. The Balaban J connectivity index is 1.93. The van der Waals surface area contributed by atoms with Crippen LogP contribution in [0.15, 0.2) is 12.4 Å². The Morgan fingerprint density at radius 3 is 2.89 bits per heavy atom. The van der Waals surface area contributed by atoms with Crippen molar-refractivity contribution in [1.82, 2.24) is 9.97 Å². The molecule has 1 aliphatic rings. The lowest BCUT2D eigenvalue weighted by Crippen LogP contribution is -2.33. The van der Waals surface area contributed by atoms with Crippen LogP contribution in [-0.2, 0) is 4.79 Å². The number of piperidine rings is 1. The van der Waals surface area contributed by atoms with Gasteiger partial charge < -0.3 is 15.3 Å². The molecule has 0 radical (unpaired) electrons. The molecule has 1 saturated heterocycles. The summed E-state index contributed by atoms with van der Waals surface area (Å²) in [5.74, 6) is 1.57. The number of anilines is 2. The first-order chi connectivity index (χ1) is 9.15. The Hall–Kier alpha value is -1.85. The van der Waals surface area contributed by atoms with Crippen LogP contribution in [-0.4, -0.2) is 40.7 Å². The van der Waals surface area contributed by atoms with Crippen molar-refractivity contribution in [2.45, 2.75) is 26.2 Å². The van der Waals surface area contributed by atoms with Crippen molar-refractivity contribution in [3.63, 3.8) is 0 Å². The minimum Gasteiger partial charge on any atom is -0.481 e. The fourth-order valence-electron chi connectivity index (χ4n) is 2.15. The molecule has 19 heavy (non-hydrogen) atoms. The van der Waals surface area contributed by atoms with E-state index in [1.54, 1.807) is 0 Å². The lowest BCUT2D eigenvalue weighted by molar-refractivity contribution is -0.136. The molecule has 0 aromatic carbocycles. The third kappa shape index (κ3) is 4.08. The largest absolute Gasteiger partial charge is 0.481 e. The summed E-state index contributed by atoms with van der Waals surface area (Å²) in [6, 6.07) is 1.89. The number of rotatable bonds is 5. The molecule has 2 rings (SSSR count). The molecule has 1 aromatic rings. The van der Waals surface area contributed by atoms with Crippen LogP contribution in [0.5, 0.6) is 0 Å². The number of nitrogens with one attached hydrogen (secondary N) is 1. The maximum absolute atomic E-state index is 10.5. The van der Waals surface area contributed by atoms with E-state index in [1.165, 1.54) is 19.2 Å². The van der Waals surface area contributed by atoms with Gasteiger partial charge in [0.25, 0.3) is 0 Å². The number of carboxylic acids is 1. The van der Waals surface area contributed by atoms with E-state index in [0.29, 0.717) is 12.4 Å². The molecule has 6 heteroatoms. The summed E-state index contributed by atoms with van der Waals surface area (Å²) < 4.78 is 0. The minimum absolute atomic E-state index is 0.0839. The summed E-state index contributed by atoms with van der Waals surface area (Å²) in [6.07, 6.45) is 3.98. The summed E-state index contributed by atoms with van der Waals surface area (Å²) >= 11 is 0. The molecule has 6 nitrogen and oxygen atoms in total. The highest BCUT2D eigenvalue weighted by Crippen LogP contribution is 2.22. The van der Waals surface area contributed by atoms with E-state index in [9.17, 15) is 4.79 Å². The van der Waals surface area contributed by atoms with E-state index in [1.807, 2.05) is 6.07 Å². The second-order valence-electron chi connectivity index (χ2n) is 5.00. The van der Waals surface area contributed by atoms with Gasteiger partial charge >= 0.3 is 5.97 Å². The molecule has 0 spiro atoms. The molecule has 1 fully saturated rings. The highest BCUT2D eigenvalue weighted by molar-refractivity contribution is 5.67. The first kappa shape index (κ1) is 13.6. The van der Waals surface area contributed by atoms with Crippen molar-refractivity contribution in [3.05, 3.63) is 12.4 Å². The molecule has 0 atom stereocenters. The smallest absolute Gasteiger partial charge is 0.305 e. The van der Waals surface area contributed by atoms with Crippen molar-refractivity contribution in [2.24, 2.45) is 5.92 Å². The van der Waals surface area contributed by atoms with Crippen molar-refractivity contribution < 1.29 is 9.90 Å². The zero-order chi connectivity index (χ0) is 13.7. The quantitative estimate of drug-likeness (QED) is 0.841.